The fourth-order valence-corrected chi connectivity index (χ4v) is 3.21. The maximum Gasteiger partial charge on any atom is 0.307 e. The first-order chi connectivity index (χ1) is 14.0. The van der Waals surface area contributed by atoms with E-state index in [1.807, 2.05) is 13.0 Å². The number of aliphatic carboxylic acids is 1. The van der Waals surface area contributed by atoms with Crippen molar-refractivity contribution in [3.05, 3.63) is 65.4 Å². The summed E-state index contributed by atoms with van der Waals surface area (Å²) in [5.74, 6) is -0.536. The van der Waals surface area contributed by atoms with E-state index in [9.17, 15) is 14.0 Å². The molecule has 3 rings (SSSR count). The molecule has 29 heavy (non-hydrogen) atoms. The number of carboxylic acid groups (broad SMARTS) is 1. The third-order valence-corrected chi connectivity index (χ3v) is 4.48. The van der Waals surface area contributed by atoms with Crippen LogP contribution < -0.4 is 4.74 Å². The number of carbonyl (C=O) groups excluding carboxylic acids is 1. The van der Waals surface area contributed by atoms with Gasteiger partial charge in [-0.1, -0.05) is 12.1 Å². The van der Waals surface area contributed by atoms with Crippen LogP contribution in [0.1, 0.15) is 21.6 Å². The number of aromatic nitrogens is 1. The van der Waals surface area contributed by atoms with Crippen LogP contribution in [0, 0.1) is 6.92 Å². The number of carboxylic acids is 1. The van der Waals surface area contributed by atoms with Crippen LogP contribution in [0.2, 0.25) is 0 Å². The van der Waals surface area contributed by atoms with Crippen LogP contribution in [-0.2, 0) is 16.0 Å². The SMILES string of the molecule is Cc1cc2c(CC(=O)O)cccc2n1C(=O)c1ccc(OCCOCCF)cc1. The molecular weight excluding hydrogens is 377 g/mol. The Morgan fingerprint density at radius 1 is 1.07 bits per heavy atom. The van der Waals surface area contributed by atoms with Gasteiger partial charge in [-0.3, -0.25) is 14.2 Å². The van der Waals surface area contributed by atoms with Crippen LogP contribution in [-0.4, -0.2) is 48.0 Å². The summed E-state index contributed by atoms with van der Waals surface area (Å²) in [6.45, 7) is 1.92. The highest BCUT2D eigenvalue weighted by Crippen LogP contribution is 2.25. The summed E-state index contributed by atoms with van der Waals surface area (Å²) in [6.07, 6.45) is -0.101. The third-order valence-electron chi connectivity index (χ3n) is 4.48. The second-order valence-corrected chi connectivity index (χ2v) is 6.52. The number of rotatable bonds is 9. The van der Waals surface area contributed by atoms with Crippen molar-refractivity contribution < 1.29 is 28.6 Å². The highest BCUT2D eigenvalue weighted by Gasteiger charge is 2.17. The van der Waals surface area contributed by atoms with Gasteiger partial charge in [-0.05, 0) is 48.9 Å². The normalized spacial score (nSPS) is 11.0. The van der Waals surface area contributed by atoms with Crippen LogP contribution in [0.4, 0.5) is 4.39 Å². The minimum absolute atomic E-state index is 0.0508. The Morgan fingerprint density at radius 2 is 1.83 bits per heavy atom. The Morgan fingerprint density at radius 3 is 2.52 bits per heavy atom. The molecule has 0 radical (unpaired) electrons. The summed E-state index contributed by atoms with van der Waals surface area (Å²) >= 11 is 0. The van der Waals surface area contributed by atoms with Crippen molar-refractivity contribution in [3.63, 3.8) is 0 Å². The molecule has 0 aliphatic heterocycles. The Balaban J connectivity index is 1.79. The van der Waals surface area contributed by atoms with Crippen molar-refractivity contribution in [3.8, 4) is 5.75 Å². The Hall–Kier alpha value is -3.19. The van der Waals surface area contributed by atoms with Crippen LogP contribution in [0.15, 0.2) is 48.5 Å². The van der Waals surface area contributed by atoms with E-state index in [0.717, 1.165) is 11.1 Å². The highest BCUT2D eigenvalue weighted by molar-refractivity contribution is 6.04. The standard InChI is InChI=1S/C22H22FNO5/c1-15-13-19-17(14-21(25)26)3-2-4-20(19)24(15)22(27)16-5-7-18(8-6-16)29-12-11-28-10-9-23/h2-8,13H,9-12,14H2,1H3,(H,25,26). The molecule has 0 saturated heterocycles. The zero-order chi connectivity index (χ0) is 20.8. The first-order valence-electron chi connectivity index (χ1n) is 9.24. The monoisotopic (exact) mass is 399 g/mol. The molecule has 0 bridgehead atoms. The number of carbonyl (C=O) groups is 2. The van der Waals surface area contributed by atoms with E-state index in [0.29, 0.717) is 29.0 Å². The molecule has 2 aromatic carbocycles. The maximum atomic E-state index is 13.1. The molecule has 0 amide bonds. The van der Waals surface area contributed by atoms with Crippen molar-refractivity contribution in [2.45, 2.75) is 13.3 Å². The van der Waals surface area contributed by atoms with E-state index in [1.165, 1.54) is 0 Å². The van der Waals surface area contributed by atoms with Gasteiger partial charge in [0, 0.05) is 16.6 Å². The predicted molar refractivity (Wildman–Crippen MR) is 106 cm³/mol. The van der Waals surface area contributed by atoms with Gasteiger partial charge < -0.3 is 14.6 Å². The van der Waals surface area contributed by atoms with Gasteiger partial charge >= 0.3 is 5.97 Å². The number of hydrogen-bond acceptors (Lipinski definition) is 4. The number of fused-ring (bicyclic) bond motifs is 1. The van der Waals surface area contributed by atoms with Gasteiger partial charge in [0.15, 0.2) is 0 Å². The number of nitrogens with zero attached hydrogens (tertiary/aromatic N) is 1. The van der Waals surface area contributed by atoms with Gasteiger partial charge in [-0.2, -0.15) is 0 Å². The summed E-state index contributed by atoms with van der Waals surface area (Å²) in [4.78, 5) is 24.2. The lowest BCUT2D eigenvalue weighted by Gasteiger charge is -2.10. The van der Waals surface area contributed by atoms with E-state index >= 15 is 0 Å². The van der Waals surface area contributed by atoms with Gasteiger partial charge in [0.25, 0.3) is 5.91 Å². The van der Waals surface area contributed by atoms with E-state index < -0.39 is 12.6 Å². The largest absolute Gasteiger partial charge is 0.491 e. The van der Waals surface area contributed by atoms with Crippen molar-refractivity contribution in [1.82, 2.24) is 4.57 Å². The first-order valence-corrected chi connectivity index (χ1v) is 9.24. The quantitative estimate of drug-likeness (QED) is 0.556. The summed E-state index contributed by atoms with van der Waals surface area (Å²) in [5, 5.41) is 9.87. The van der Waals surface area contributed by atoms with Crippen molar-refractivity contribution in [2.24, 2.45) is 0 Å². The molecule has 3 aromatic rings. The van der Waals surface area contributed by atoms with Crippen molar-refractivity contribution >= 4 is 22.8 Å². The molecule has 7 heteroatoms. The van der Waals surface area contributed by atoms with E-state index in [4.69, 9.17) is 14.6 Å². The molecule has 0 fully saturated rings. The molecule has 0 spiro atoms. The van der Waals surface area contributed by atoms with Crippen molar-refractivity contribution in [1.29, 1.82) is 0 Å². The summed E-state index contributed by atoms with van der Waals surface area (Å²) in [6, 6.07) is 13.9. The average Bonchev–Trinajstić information content (AvgIpc) is 3.04. The molecule has 152 valence electrons. The lowest BCUT2D eigenvalue weighted by atomic mass is 10.1. The second kappa shape index (κ2) is 9.34. The number of hydrogen-bond donors (Lipinski definition) is 1. The molecule has 0 saturated carbocycles. The second-order valence-electron chi connectivity index (χ2n) is 6.52. The Bertz CT molecular complexity index is 1010. The van der Waals surface area contributed by atoms with Crippen LogP contribution in [0.25, 0.3) is 10.9 Å². The zero-order valence-electron chi connectivity index (χ0n) is 16.1. The van der Waals surface area contributed by atoms with Gasteiger partial charge in [-0.25, -0.2) is 4.39 Å². The summed E-state index contributed by atoms with van der Waals surface area (Å²) < 4.78 is 24.1. The Kier molecular flexibility index (Phi) is 6.61. The van der Waals surface area contributed by atoms with Crippen LogP contribution in [0.3, 0.4) is 0 Å². The molecule has 6 nitrogen and oxygen atoms in total. The summed E-state index contributed by atoms with van der Waals surface area (Å²) in [5.41, 5.74) is 2.56. The smallest absolute Gasteiger partial charge is 0.307 e. The first kappa shape index (κ1) is 20.5. The Labute approximate surface area is 167 Å². The minimum atomic E-state index is -0.917. The third kappa shape index (κ3) is 4.81. The molecular formula is C22H22FNO5. The summed E-state index contributed by atoms with van der Waals surface area (Å²) in [7, 11) is 0. The molecule has 0 aliphatic carbocycles. The maximum absolute atomic E-state index is 13.1. The van der Waals surface area contributed by atoms with Gasteiger partial charge in [0.1, 0.15) is 19.0 Å². The number of aryl methyl sites for hydroxylation is 1. The van der Waals surface area contributed by atoms with Crippen molar-refractivity contribution in [2.75, 3.05) is 26.5 Å². The molecule has 0 aliphatic rings. The fourth-order valence-electron chi connectivity index (χ4n) is 3.21. The van der Waals surface area contributed by atoms with Gasteiger partial charge in [-0.15, -0.1) is 0 Å². The number of halogens is 1. The van der Waals surface area contributed by atoms with Crippen LogP contribution >= 0.6 is 0 Å². The predicted octanol–water partition coefficient (Wildman–Crippen LogP) is 3.63. The fraction of sp³-hybridized carbons (Fsp3) is 0.273. The minimum Gasteiger partial charge on any atom is -0.491 e. The van der Waals surface area contributed by atoms with E-state index in [1.54, 1.807) is 47.0 Å². The highest BCUT2D eigenvalue weighted by atomic mass is 19.1. The number of ether oxygens (including phenoxy) is 2. The van der Waals surface area contributed by atoms with E-state index in [2.05, 4.69) is 0 Å². The van der Waals surface area contributed by atoms with E-state index in [-0.39, 0.29) is 25.5 Å². The molecule has 0 atom stereocenters. The topological polar surface area (TPSA) is 77.8 Å². The lowest BCUT2D eigenvalue weighted by Crippen LogP contribution is -2.13. The van der Waals surface area contributed by atoms with Gasteiger partial charge in [0.05, 0.1) is 25.2 Å². The molecule has 0 unspecified atom stereocenters. The molecule has 1 heterocycles. The lowest BCUT2D eigenvalue weighted by molar-refractivity contribution is -0.136. The van der Waals surface area contributed by atoms with Crippen LogP contribution in [0.5, 0.6) is 5.75 Å². The zero-order valence-corrected chi connectivity index (χ0v) is 16.1. The number of alkyl halides is 1. The molecule has 1 N–H and O–H groups in total. The van der Waals surface area contributed by atoms with Gasteiger partial charge in [0.2, 0.25) is 0 Å². The molecule has 1 aromatic heterocycles. The average molecular weight is 399 g/mol. The number of benzene rings is 2.